The molecule has 1 amide bonds. The van der Waals surface area contributed by atoms with Gasteiger partial charge < -0.3 is 25.7 Å². The molecule has 2 aliphatic heterocycles. The lowest BCUT2D eigenvalue weighted by Crippen LogP contribution is -2.55. The number of para-hydroxylation sites is 1. The van der Waals surface area contributed by atoms with E-state index >= 15 is 0 Å². The summed E-state index contributed by atoms with van der Waals surface area (Å²) >= 11 is 0. The Bertz CT molecular complexity index is 1910. The molecular weight excluding hydrogens is 556 g/mol. The molecule has 0 spiro atoms. The zero-order chi connectivity index (χ0) is 29.8. The van der Waals surface area contributed by atoms with E-state index in [1.165, 1.54) is 29.2 Å². The highest BCUT2D eigenvalue weighted by atomic mass is 19.1. The molecule has 1 unspecified atom stereocenters. The Morgan fingerprint density at radius 1 is 1.12 bits per heavy atom. The molecule has 3 aromatic heterocycles. The summed E-state index contributed by atoms with van der Waals surface area (Å²) in [6.07, 6.45) is 4.38. The highest BCUT2D eigenvalue weighted by Gasteiger charge is 2.31. The van der Waals surface area contributed by atoms with E-state index < -0.39 is 17.4 Å². The number of nitrogens with zero attached hydrogens (tertiary/aromatic N) is 4. The maximum Gasteiger partial charge on any atom is 0.240 e. The minimum atomic E-state index is -0.848. The first-order chi connectivity index (χ1) is 20.8. The number of halogens is 2. The fourth-order valence-electron chi connectivity index (χ4n) is 5.67. The Morgan fingerprint density at radius 3 is 2.63 bits per heavy atom. The number of aromatic amines is 1. The molecule has 43 heavy (non-hydrogen) atoms. The van der Waals surface area contributed by atoms with Gasteiger partial charge in [-0.05, 0) is 67.3 Å². The number of pyridine rings is 1. The quantitative estimate of drug-likeness (QED) is 0.256. The fraction of sp³-hybridized carbons (Fsp3) is 0.226. The van der Waals surface area contributed by atoms with Crippen LogP contribution < -0.4 is 15.8 Å². The first-order valence-electron chi connectivity index (χ1n) is 13.9. The molecule has 0 saturated carbocycles. The summed E-state index contributed by atoms with van der Waals surface area (Å²) in [4.78, 5) is 35.6. The number of ether oxygens (including phenoxy) is 1. The SMILES string of the molecule is Cc1cc(Oc2c(F)cccc2F)ncc1-n1ncc(C(=O)c2cc3c4c(ccc3[nH]2)CN(C(=O)C2CCN2)CC4)c1N. The van der Waals surface area contributed by atoms with Crippen LogP contribution >= 0.6 is 0 Å². The maximum absolute atomic E-state index is 14.0. The van der Waals surface area contributed by atoms with Crippen LogP contribution in [0.15, 0.2) is 54.9 Å². The summed E-state index contributed by atoms with van der Waals surface area (Å²) < 4.78 is 34.8. The maximum atomic E-state index is 14.0. The topological polar surface area (TPSA) is 131 Å². The number of amides is 1. The van der Waals surface area contributed by atoms with Gasteiger partial charge in [-0.3, -0.25) is 9.59 Å². The molecule has 5 heterocycles. The van der Waals surface area contributed by atoms with Crippen LogP contribution in [0.25, 0.3) is 16.6 Å². The molecule has 0 aliphatic carbocycles. The van der Waals surface area contributed by atoms with Crippen molar-refractivity contribution in [1.82, 2.24) is 30.0 Å². The van der Waals surface area contributed by atoms with Gasteiger partial charge in [0, 0.05) is 30.1 Å². The van der Waals surface area contributed by atoms with Crippen LogP contribution in [0.1, 0.15) is 39.2 Å². The van der Waals surface area contributed by atoms with Crippen molar-refractivity contribution in [2.24, 2.45) is 0 Å². The van der Waals surface area contributed by atoms with Crippen molar-refractivity contribution in [2.75, 3.05) is 18.8 Å². The van der Waals surface area contributed by atoms with Crippen LogP contribution in [-0.4, -0.2) is 55.5 Å². The molecule has 218 valence electrons. The van der Waals surface area contributed by atoms with Crippen LogP contribution in [-0.2, 0) is 17.8 Å². The second-order valence-electron chi connectivity index (χ2n) is 10.8. The number of aromatic nitrogens is 4. The van der Waals surface area contributed by atoms with E-state index in [4.69, 9.17) is 10.5 Å². The van der Waals surface area contributed by atoms with Crippen molar-refractivity contribution < 1.29 is 23.1 Å². The minimum absolute atomic E-state index is 0.0131. The third-order valence-electron chi connectivity index (χ3n) is 8.15. The Morgan fingerprint density at radius 2 is 1.91 bits per heavy atom. The van der Waals surface area contributed by atoms with E-state index in [1.807, 2.05) is 23.1 Å². The largest absolute Gasteiger partial charge is 0.433 e. The molecule has 4 N–H and O–H groups in total. The molecule has 2 aromatic carbocycles. The van der Waals surface area contributed by atoms with Crippen LogP contribution in [0.4, 0.5) is 14.6 Å². The molecule has 0 radical (unpaired) electrons. The Labute approximate surface area is 244 Å². The van der Waals surface area contributed by atoms with Crippen molar-refractivity contribution >= 4 is 28.4 Å². The number of nitrogens with one attached hydrogen (secondary N) is 2. The summed E-state index contributed by atoms with van der Waals surface area (Å²) in [5.74, 6) is -2.33. The summed E-state index contributed by atoms with van der Waals surface area (Å²) in [5.41, 5.74) is 11.1. The number of ketones is 1. The van der Waals surface area contributed by atoms with Crippen molar-refractivity contribution in [1.29, 1.82) is 0 Å². The van der Waals surface area contributed by atoms with Gasteiger partial charge in [0.15, 0.2) is 11.6 Å². The molecular formula is C31H27F2N7O3. The summed E-state index contributed by atoms with van der Waals surface area (Å²) in [7, 11) is 0. The molecule has 12 heteroatoms. The number of carbonyl (C=O) groups is 2. The highest BCUT2D eigenvalue weighted by Crippen LogP contribution is 2.32. The predicted molar refractivity (Wildman–Crippen MR) is 154 cm³/mol. The first kappa shape index (κ1) is 26.8. The average Bonchev–Trinajstić information content (AvgIpc) is 3.57. The van der Waals surface area contributed by atoms with Crippen LogP contribution in [0.2, 0.25) is 0 Å². The Hall–Kier alpha value is -5.10. The highest BCUT2D eigenvalue weighted by molar-refractivity contribution is 6.12. The van der Waals surface area contributed by atoms with Crippen molar-refractivity contribution in [3.63, 3.8) is 0 Å². The van der Waals surface area contributed by atoms with Gasteiger partial charge in [-0.25, -0.2) is 18.4 Å². The number of anilines is 1. The number of rotatable bonds is 6. The van der Waals surface area contributed by atoms with E-state index in [0.717, 1.165) is 47.1 Å². The summed E-state index contributed by atoms with van der Waals surface area (Å²) in [5, 5.41) is 8.45. The average molecular weight is 584 g/mol. The standard InChI is InChI=1S/C31H27F2N7O3/c1-16-11-27(43-29-21(32)3-2-4-22(29)33)36-14-26(16)40-30(34)20(13-37-40)28(41)25-12-19-18-8-10-39(31(42)24-7-9-35-24)15-17(18)5-6-23(19)38-25/h2-6,11-14,24,35,38H,7-10,15,34H2,1H3. The van der Waals surface area contributed by atoms with Gasteiger partial charge in [-0.1, -0.05) is 12.1 Å². The number of aryl methyl sites for hydroxylation is 1. The lowest BCUT2D eigenvalue weighted by Gasteiger charge is -2.35. The van der Waals surface area contributed by atoms with E-state index in [9.17, 15) is 18.4 Å². The van der Waals surface area contributed by atoms with Crippen molar-refractivity contribution in [3.05, 3.63) is 94.4 Å². The zero-order valence-corrected chi connectivity index (χ0v) is 23.2. The molecule has 1 atom stereocenters. The third-order valence-corrected chi connectivity index (χ3v) is 8.15. The Balaban J connectivity index is 1.13. The van der Waals surface area contributed by atoms with Gasteiger partial charge in [0.25, 0.3) is 0 Å². The predicted octanol–water partition coefficient (Wildman–Crippen LogP) is 4.19. The Kier molecular flexibility index (Phi) is 6.42. The van der Waals surface area contributed by atoms with Gasteiger partial charge >= 0.3 is 0 Å². The van der Waals surface area contributed by atoms with E-state index in [2.05, 4.69) is 20.4 Å². The number of benzene rings is 2. The van der Waals surface area contributed by atoms with Gasteiger partial charge in [0.05, 0.1) is 35.4 Å². The smallest absolute Gasteiger partial charge is 0.240 e. The molecule has 2 aliphatic rings. The monoisotopic (exact) mass is 583 g/mol. The van der Waals surface area contributed by atoms with Gasteiger partial charge in [0.1, 0.15) is 5.82 Å². The van der Waals surface area contributed by atoms with Gasteiger partial charge in [0.2, 0.25) is 23.3 Å². The van der Waals surface area contributed by atoms with Gasteiger partial charge in [-0.15, -0.1) is 0 Å². The van der Waals surface area contributed by atoms with E-state index in [1.54, 1.807) is 6.92 Å². The number of nitrogens with two attached hydrogens (primary N) is 1. The molecule has 1 saturated heterocycles. The number of fused-ring (bicyclic) bond motifs is 3. The third kappa shape index (κ3) is 4.59. The molecule has 1 fully saturated rings. The van der Waals surface area contributed by atoms with Crippen molar-refractivity contribution in [2.45, 2.75) is 32.4 Å². The number of hydrogen-bond acceptors (Lipinski definition) is 7. The first-order valence-corrected chi connectivity index (χ1v) is 13.9. The number of nitrogen functional groups attached to an aromatic ring is 1. The van der Waals surface area contributed by atoms with E-state index in [-0.39, 0.29) is 35.0 Å². The summed E-state index contributed by atoms with van der Waals surface area (Å²) in [6, 6.07) is 10.6. The van der Waals surface area contributed by atoms with Crippen LogP contribution in [0.3, 0.4) is 0 Å². The van der Waals surface area contributed by atoms with Gasteiger partial charge in [-0.2, -0.15) is 5.10 Å². The number of carbonyl (C=O) groups excluding carboxylic acids is 2. The fourth-order valence-corrected chi connectivity index (χ4v) is 5.67. The second-order valence-corrected chi connectivity index (χ2v) is 10.8. The summed E-state index contributed by atoms with van der Waals surface area (Å²) in [6.45, 7) is 3.79. The zero-order valence-electron chi connectivity index (χ0n) is 23.2. The van der Waals surface area contributed by atoms with Crippen LogP contribution in [0.5, 0.6) is 11.6 Å². The molecule has 10 nitrogen and oxygen atoms in total. The molecule has 0 bridgehead atoms. The molecule has 7 rings (SSSR count). The normalized spacial score (nSPS) is 16.2. The van der Waals surface area contributed by atoms with Crippen molar-refractivity contribution in [3.8, 4) is 17.3 Å². The van der Waals surface area contributed by atoms with E-state index in [0.29, 0.717) is 36.5 Å². The number of H-pyrrole nitrogens is 1. The lowest BCUT2D eigenvalue weighted by atomic mass is 9.94. The van der Waals surface area contributed by atoms with Crippen LogP contribution in [0, 0.1) is 18.6 Å². The molecule has 5 aromatic rings. The lowest BCUT2D eigenvalue weighted by molar-refractivity contribution is -0.136. The minimum Gasteiger partial charge on any atom is -0.433 e. The second kappa shape index (κ2) is 10.3. The number of hydrogen-bond donors (Lipinski definition) is 3.